The molecule has 1 aliphatic heterocycles. The highest BCUT2D eigenvalue weighted by atomic mass is 16.5. The van der Waals surface area contributed by atoms with Crippen LogP contribution in [0, 0.1) is 0 Å². The fourth-order valence-electron chi connectivity index (χ4n) is 2.60. The van der Waals surface area contributed by atoms with Gasteiger partial charge in [0.2, 0.25) is 11.8 Å². The summed E-state index contributed by atoms with van der Waals surface area (Å²) in [6.45, 7) is 4.96. The van der Waals surface area contributed by atoms with Gasteiger partial charge in [0.25, 0.3) is 5.91 Å². The fraction of sp³-hybridized carbons (Fsp3) is 0.444. The van der Waals surface area contributed by atoms with Crippen LogP contribution in [0.25, 0.3) is 0 Å². The molecule has 1 aliphatic rings. The summed E-state index contributed by atoms with van der Waals surface area (Å²) in [6, 6.07) is 5.43. The monoisotopic (exact) mass is 357 g/mol. The minimum atomic E-state index is -0.272. The minimum Gasteiger partial charge on any atom is -0.472 e. The van der Waals surface area contributed by atoms with Crippen LogP contribution in [0.4, 0.5) is 5.95 Å². The van der Waals surface area contributed by atoms with Gasteiger partial charge in [-0.05, 0) is 19.9 Å². The van der Waals surface area contributed by atoms with E-state index < -0.39 is 0 Å². The van der Waals surface area contributed by atoms with E-state index in [1.165, 1.54) is 12.4 Å². The van der Waals surface area contributed by atoms with E-state index >= 15 is 0 Å². The highest BCUT2D eigenvalue weighted by Gasteiger charge is 2.29. The Hall–Kier alpha value is -2.74. The van der Waals surface area contributed by atoms with Crippen molar-refractivity contribution >= 4 is 11.9 Å². The van der Waals surface area contributed by atoms with E-state index in [4.69, 9.17) is 9.47 Å². The van der Waals surface area contributed by atoms with Gasteiger partial charge in [-0.1, -0.05) is 6.07 Å². The second kappa shape index (κ2) is 8.57. The average molecular weight is 357 g/mol. The van der Waals surface area contributed by atoms with Gasteiger partial charge in [0.05, 0.1) is 24.8 Å². The number of nitrogens with zero attached hydrogens (tertiary/aromatic N) is 3. The van der Waals surface area contributed by atoms with Gasteiger partial charge >= 0.3 is 0 Å². The molecule has 3 heterocycles. The van der Waals surface area contributed by atoms with E-state index in [0.29, 0.717) is 37.0 Å². The van der Waals surface area contributed by atoms with Gasteiger partial charge in [-0.25, -0.2) is 15.0 Å². The van der Waals surface area contributed by atoms with Gasteiger partial charge in [0.15, 0.2) is 0 Å². The molecule has 1 saturated heterocycles. The molecule has 0 aromatic carbocycles. The van der Waals surface area contributed by atoms with Crippen LogP contribution in [0.1, 0.15) is 30.6 Å². The Morgan fingerprint density at radius 1 is 1.27 bits per heavy atom. The zero-order valence-electron chi connectivity index (χ0n) is 14.9. The van der Waals surface area contributed by atoms with E-state index in [0.717, 1.165) is 0 Å². The number of rotatable bonds is 6. The first-order valence-electron chi connectivity index (χ1n) is 8.66. The number of carbonyl (C=O) groups is 1. The summed E-state index contributed by atoms with van der Waals surface area (Å²) in [6.07, 6.45) is 5.16. The topological polar surface area (TPSA) is 98.3 Å². The molecule has 1 amide bonds. The Morgan fingerprint density at radius 3 is 2.77 bits per heavy atom. The molecule has 2 aromatic rings. The predicted molar refractivity (Wildman–Crippen MR) is 96.1 cm³/mol. The predicted octanol–water partition coefficient (Wildman–Crippen LogP) is 1.66. The van der Waals surface area contributed by atoms with Crippen molar-refractivity contribution in [3.63, 3.8) is 0 Å². The lowest BCUT2D eigenvalue weighted by molar-refractivity contribution is -0.00449. The molecule has 26 heavy (non-hydrogen) atoms. The summed E-state index contributed by atoms with van der Waals surface area (Å²) in [5, 5.41) is 6.03. The van der Waals surface area contributed by atoms with Gasteiger partial charge in [-0.3, -0.25) is 4.79 Å². The third-order valence-electron chi connectivity index (χ3n) is 3.85. The first-order chi connectivity index (χ1) is 12.6. The highest BCUT2D eigenvalue weighted by Crippen LogP contribution is 2.16. The maximum Gasteiger partial charge on any atom is 0.254 e. The first kappa shape index (κ1) is 18.1. The van der Waals surface area contributed by atoms with Gasteiger partial charge < -0.3 is 20.1 Å². The Bertz CT molecular complexity index is 709. The first-order valence-corrected chi connectivity index (χ1v) is 8.66. The van der Waals surface area contributed by atoms with Crippen LogP contribution in [0.3, 0.4) is 0 Å². The molecule has 3 rings (SSSR count). The number of aromatic nitrogens is 3. The van der Waals surface area contributed by atoms with Crippen LogP contribution in [-0.4, -0.2) is 52.3 Å². The van der Waals surface area contributed by atoms with E-state index in [-0.39, 0.29) is 24.1 Å². The zero-order chi connectivity index (χ0) is 18.4. The summed E-state index contributed by atoms with van der Waals surface area (Å²) in [5.74, 6) is 0.770. The van der Waals surface area contributed by atoms with E-state index in [9.17, 15) is 4.79 Å². The number of ether oxygens (including phenoxy) is 2. The molecule has 0 bridgehead atoms. The van der Waals surface area contributed by atoms with Crippen LogP contribution < -0.4 is 15.4 Å². The highest BCUT2D eigenvalue weighted by molar-refractivity contribution is 5.93. The van der Waals surface area contributed by atoms with Crippen molar-refractivity contribution < 1.29 is 14.3 Å². The number of hydrogen-bond donors (Lipinski definition) is 2. The van der Waals surface area contributed by atoms with Gasteiger partial charge in [0, 0.05) is 37.1 Å². The molecule has 2 N–H and O–H groups in total. The summed E-state index contributed by atoms with van der Waals surface area (Å²) in [7, 11) is 0. The molecule has 0 aliphatic carbocycles. The summed E-state index contributed by atoms with van der Waals surface area (Å²) in [5.41, 5.74) is 0.390. The lowest BCUT2D eigenvalue weighted by Crippen LogP contribution is -2.51. The fourth-order valence-corrected chi connectivity index (χ4v) is 2.60. The number of nitrogens with one attached hydrogen (secondary N) is 2. The van der Waals surface area contributed by atoms with Crippen LogP contribution in [-0.2, 0) is 4.74 Å². The van der Waals surface area contributed by atoms with Crippen LogP contribution in [0.5, 0.6) is 5.88 Å². The zero-order valence-corrected chi connectivity index (χ0v) is 14.9. The van der Waals surface area contributed by atoms with Gasteiger partial charge in [-0.2, -0.15) is 0 Å². The Labute approximate surface area is 152 Å². The molecule has 0 spiro atoms. The molecule has 0 unspecified atom stereocenters. The maximum absolute atomic E-state index is 12.5. The largest absolute Gasteiger partial charge is 0.472 e. The number of anilines is 1. The van der Waals surface area contributed by atoms with E-state index in [1.807, 2.05) is 26.0 Å². The molecule has 2 atom stereocenters. The van der Waals surface area contributed by atoms with Crippen molar-refractivity contribution in [1.82, 2.24) is 20.3 Å². The van der Waals surface area contributed by atoms with Gasteiger partial charge in [0.1, 0.15) is 6.10 Å². The average Bonchev–Trinajstić information content (AvgIpc) is 2.64. The van der Waals surface area contributed by atoms with Crippen molar-refractivity contribution in [3.8, 4) is 5.88 Å². The lowest BCUT2D eigenvalue weighted by atomic mass is 10.1. The van der Waals surface area contributed by atoms with Crippen LogP contribution >= 0.6 is 0 Å². The minimum absolute atomic E-state index is 0.203. The molecular weight excluding hydrogens is 334 g/mol. The number of hydrogen-bond acceptors (Lipinski definition) is 7. The van der Waals surface area contributed by atoms with E-state index in [2.05, 4.69) is 25.6 Å². The standard InChI is InChI=1S/C18H23N5O3/c1-12(2)22-18-20-9-13(10-21-18)17(24)23-14-11-25-8-6-15(14)26-16-5-3-4-7-19-16/h3-5,7,9-10,12,14-15H,6,8,11H2,1-2H3,(H,23,24)(H,20,21,22)/t14-,15-/m1/s1. The Kier molecular flexibility index (Phi) is 5.96. The molecule has 0 radical (unpaired) electrons. The summed E-state index contributed by atoms with van der Waals surface area (Å²) >= 11 is 0. The second-order valence-electron chi connectivity index (χ2n) is 6.36. The second-order valence-corrected chi connectivity index (χ2v) is 6.36. The van der Waals surface area contributed by atoms with Crippen LogP contribution in [0.2, 0.25) is 0 Å². The molecule has 2 aromatic heterocycles. The van der Waals surface area contributed by atoms with Crippen molar-refractivity contribution in [2.75, 3.05) is 18.5 Å². The van der Waals surface area contributed by atoms with Crippen molar-refractivity contribution in [1.29, 1.82) is 0 Å². The Morgan fingerprint density at radius 2 is 2.08 bits per heavy atom. The SMILES string of the molecule is CC(C)Nc1ncc(C(=O)N[C@@H]2COCC[C@H]2Oc2ccccn2)cn1. The third kappa shape index (κ3) is 4.89. The van der Waals surface area contributed by atoms with Crippen molar-refractivity contribution in [2.24, 2.45) is 0 Å². The molecular formula is C18H23N5O3. The smallest absolute Gasteiger partial charge is 0.254 e. The number of pyridine rings is 1. The summed E-state index contributed by atoms with van der Waals surface area (Å²) in [4.78, 5) is 25.0. The summed E-state index contributed by atoms with van der Waals surface area (Å²) < 4.78 is 11.4. The lowest BCUT2D eigenvalue weighted by Gasteiger charge is -2.32. The number of carbonyl (C=O) groups excluding carboxylic acids is 1. The Balaban J connectivity index is 1.62. The molecule has 8 nitrogen and oxygen atoms in total. The third-order valence-corrected chi connectivity index (χ3v) is 3.85. The maximum atomic E-state index is 12.5. The molecule has 0 saturated carbocycles. The van der Waals surface area contributed by atoms with Crippen molar-refractivity contribution in [2.45, 2.75) is 38.5 Å². The van der Waals surface area contributed by atoms with Crippen molar-refractivity contribution in [3.05, 3.63) is 42.4 Å². The normalized spacial score (nSPS) is 19.8. The molecule has 1 fully saturated rings. The molecule has 8 heteroatoms. The van der Waals surface area contributed by atoms with E-state index in [1.54, 1.807) is 12.3 Å². The number of amides is 1. The van der Waals surface area contributed by atoms with Crippen LogP contribution in [0.15, 0.2) is 36.8 Å². The molecule has 138 valence electrons. The quantitative estimate of drug-likeness (QED) is 0.811. The van der Waals surface area contributed by atoms with Gasteiger partial charge in [-0.15, -0.1) is 0 Å².